The number of hydrogen-bond donors (Lipinski definition) is 1. The van der Waals surface area contributed by atoms with E-state index in [0.717, 1.165) is 37.8 Å². The van der Waals surface area contributed by atoms with Crippen LogP contribution in [0.5, 0.6) is 0 Å². The van der Waals surface area contributed by atoms with Gasteiger partial charge < -0.3 is 15.4 Å². The fourth-order valence-corrected chi connectivity index (χ4v) is 4.00. The predicted octanol–water partition coefficient (Wildman–Crippen LogP) is 1.42. The van der Waals surface area contributed by atoms with Gasteiger partial charge in [-0.2, -0.15) is 0 Å². The molecule has 2 atom stereocenters. The molecule has 0 aromatic carbocycles. The first-order valence-electron chi connectivity index (χ1n) is 7.32. The molecule has 19 heavy (non-hydrogen) atoms. The van der Waals surface area contributed by atoms with Crippen LogP contribution in [0.15, 0.2) is 0 Å². The Morgan fingerprint density at radius 3 is 2.32 bits per heavy atom. The third kappa shape index (κ3) is 2.63. The molecule has 0 aromatic rings. The number of halogens is 1. The van der Waals surface area contributed by atoms with Crippen molar-refractivity contribution < 1.29 is 9.53 Å². The molecule has 2 aliphatic heterocycles. The van der Waals surface area contributed by atoms with Gasteiger partial charge >= 0.3 is 0 Å². The molecule has 3 fully saturated rings. The summed E-state index contributed by atoms with van der Waals surface area (Å²) in [5.74, 6) is 1.84. The van der Waals surface area contributed by atoms with Crippen molar-refractivity contribution in [2.45, 2.75) is 32.1 Å². The maximum atomic E-state index is 12.8. The molecule has 5 heteroatoms. The molecule has 2 saturated heterocycles. The van der Waals surface area contributed by atoms with Gasteiger partial charge in [0.25, 0.3) is 0 Å². The number of hydrogen-bond acceptors (Lipinski definition) is 3. The summed E-state index contributed by atoms with van der Waals surface area (Å²) >= 11 is 0. The van der Waals surface area contributed by atoms with Crippen LogP contribution >= 0.6 is 12.4 Å². The smallest absolute Gasteiger partial charge is 0.230 e. The zero-order chi connectivity index (χ0) is 12.6. The summed E-state index contributed by atoms with van der Waals surface area (Å²) < 4.78 is 5.39. The summed E-state index contributed by atoms with van der Waals surface area (Å²) in [4.78, 5) is 14.9. The first-order chi connectivity index (χ1) is 8.75. The number of carbonyl (C=O) groups is 1. The monoisotopic (exact) mass is 288 g/mol. The lowest BCUT2D eigenvalue weighted by Gasteiger charge is -2.37. The Bertz CT molecular complexity index is 319. The maximum absolute atomic E-state index is 12.8. The summed E-state index contributed by atoms with van der Waals surface area (Å²) in [6.07, 6.45) is 5.58. The van der Waals surface area contributed by atoms with Crippen molar-refractivity contribution in [1.29, 1.82) is 0 Å². The summed E-state index contributed by atoms with van der Waals surface area (Å²) in [6, 6.07) is 0. The van der Waals surface area contributed by atoms with Crippen LogP contribution in [-0.2, 0) is 9.53 Å². The molecule has 4 nitrogen and oxygen atoms in total. The highest BCUT2D eigenvalue weighted by Gasteiger charge is 2.46. The van der Waals surface area contributed by atoms with Gasteiger partial charge in [-0.1, -0.05) is 6.42 Å². The van der Waals surface area contributed by atoms with Gasteiger partial charge in [0.1, 0.15) is 0 Å². The quantitative estimate of drug-likeness (QED) is 0.836. The van der Waals surface area contributed by atoms with Gasteiger partial charge in [0.2, 0.25) is 5.91 Å². The molecule has 0 spiro atoms. The van der Waals surface area contributed by atoms with Gasteiger partial charge in [-0.15, -0.1) is 12.4 Å². The minimum absolute atomic E-state index is 0. The van der Waals surface area contributed by atoms with Crippen LogP contribution in [0.3, 0.4) is 0 Å². The summed E-state index contributed by atoms with van der Waals surface area (Å²) in [7, 11) is 0. The van der Waals surface area contributed by atoms with E-state index < -0.39 is 0 Å². The van der Waals surface area contributed by atoms with E-state index in [4.69, 9.17) is 10.5 Å². The first kappa shape index (κ1) is 15.1. The molecule has 0 aromatic heterocycles. The normalized spacial score (nSPS) is 32.8. The van der Waals surface area contributed by atoms with Crippen LogP contribution < -0.4 is 5.73 Å². The van der Waals surface area contributed by atoms with Crippen LogP contribution in [0.1, 0.15) is 32.1 Å². The lowest BCUT2D eigenvalue weighted by Crippen LogP contribution is -2.50. The van der Waals surface area contributed by atoms with Crippen molar-refractivity contribution in [2.24, 2.45) is 23.0 Å². The molecule has 1 saturated carbocycles. The molecule has 2 heterocycles. The van der Waals surface area contributed by atoms with E-state index in [-0.39, 0.29) is 17.8 Å². The highest BCUT2D eigenvalue weighted by molar-refractivity contribution is 5.85. The van der Waals surface area contributed by atoms with Gasteiger partial charge in [-0.05, 0) is 37.5 Å². The van der Waals surface area contributed by atoms with Crippen LogP contribution in [0.25, 0.3) is 0 Å². The third-order valence-corrected chi connectivity index (χ3v) is 5.31. The minimum atomic E-state index is -0.323. The molecule has 110 valence electrons. The van der Waals surface area contributed by atoms with Crippen molar-refractivity contribution in [1.82, 2.24) is 4.90 Å². The Morgan fingerprint density at radius 1 is 1.21 bits per heavy atom. The molecule has 3 rings (SSSR count). The molecule has 0 bridgehead atoms. The number of fused-ring (bicyclic) bond motifs is 1. The Morgan fingerprint density at radius 2 is 1.79 bits per heavy atom. The fraction of sp³-hybridized carbons (Fsp3) is 0.929. The molecular formula is C14H25ClN2O2. The van der Waals surface area contributed by atoms with Gasteiger partial charge in [-0.3, -0.25) is 4.79 Å². The molecule has 1 aliphatic carbocycles. The van der Waals surface area contributed by atoms with Gasteiger partial charge in [0.15, 0.2) is 0 Å². The fourth-order valence-electron chi connectivity index (χ4n) is 4.00. The van der Waals surface area contributed by atoms with E-state index in [9.17, 15) is 4.79 Å². The standard InChI is InChI=1S/C14H24N2O2.ClH/c15-10-14(4-6-18-7-5-14)13(17)16-8-11-2-1-3-12(11)9-16;/h11-12H,1-10,15H2;1H. The Labute approximate surface area is 121 Å². The van der Waals surface area contributed by atoms with E-state index in [2.05, 4.69) is 4.90 Å². The lowest BCUT2D eigenvalue weighted by molar-refractivity contribution is -0.146. The molecule has 2 unspecified atom stereocenters. The van der Waals surface area contributed by atoms with Gasteiger partial charge in [0, 0.05) is 32.8 Å². The van der Waals surface area contributed by atoms with Crippen LogP contribution in [0, 0.1) is 17.3 Å². The number of ether oxygens (including phenoxy) is 1. The number of likely N-dealkylation sites (tertiary alicyclic amines) is 1. The SMILES string of the molecule is Cl.NCC1(C(=O)N2CC3CCCC3C2)CCOCC1. The Hall–Kier alpha value is -0.320. The summed E-state index contributed by atoms with van der Waals surface area (Å²) in [6.45, 7) is 3.80. The predicted molar refractivity (Wildman–Crippen MR) is 76.2 cm³/mol. The van der Waals surface area contributed by atoms with Gasteiger partial charge in [0.05, 0.1) is 5.41 Å². The summed E-state index contributed by atoms with van der Waals surface area (Å²) in [5, 5.41) is 0. The van der Waals surface area contributed by atoms with Crippen molar-refractivity contribution >= 4 is 18.3 Å². The number of carbonyl (C=O) groups excluding carboxylic acids is 1. The first-order valence-corrected chi connectivity index (χ1v) is 7.32. The summed E-state index contributed by atoms with van der Waals surface area (Å²) in [5.41, 5.74) is 5.60. The van der Waals surface area contributed by atoms with Crippen molar-refractivity contribution in [3.05, 3.63) is 0 Å². The zero-order valence-corrected chi connectivity index (χ0v) is 12.3. The largest absolute Gasteiger partial charge is 0.381 e. The van der Waals surface area contributed by atoms with Crippen LogP contribution in [0.4, 0.5) is 0 Å². The highest BCUT2D eigenvalue weighted by Crippen LogP contribution is 2.40. The second-order valence-corrected chi connectivity index (χ2v) is 6.26. The molecule has 2 N–H and O–H groups in total. The van der Waals surface area contributed by atoms with E-state index in [1.165, 1.54) is 19.3 Å². The van der Waals surface area contributed by atoms with Crippen molar-refractivity contribution in [2.75, 3.05) is 32.8 Å². The molecular weight excluding hydrogens is 264 g/mol. The maximum Gasteiger partial charge on any atom is 0.230 e. The lowest BCUT2D eigenvalue weighted by atomic mass is 9.79. The third-order valence-electron chi connectivity index (χ3n) is 5.31. The molecule has 0 radical (unpaired) electrons. The topological polar surface area (TPSA) is 55.6 Å². The van der Waals surface area contributed by atoms with Crippen LogP contribution in [0.2, 0.25) is 0 Å². The minimum Gasteiger partial charge on any atom is -0.381 e. The molecule has 3 aliphatic rings. The number of rotatable bonds is 2. The average molecular weight is 289 g/mol. The zero-order valence-electron chi connectivity index (χ0n) is 11.5. The Balaban J connectivity index is 0.00000133. The highest BCUT2D eigenvalue weighted by atomic mass is 35.5. The average Bonchev–Trinajstić information content (AvgIpc) is 2.99. The van der Waals surface area contributed by atoms with Crippen molar-refractivity contribution in [3.63, 3.8) is 0 Å². The second-order valence-electron chi connectivity index (χ2n) is 6.26. The second kappa shape index (κ2) is 5.98. The van der Waals surface area contributed by atoms with E-state index in [1.54, 1.807) is 0 Å². The van der Waals surface area contributed by atoms with Crippen LogP contribution in [-0.4, -0.2) is 43.7 Å². The van der Waals surface area contributed by atoms with Crippen molar-refractivity contribution in [3.8, 4) is 0 Å². The van der Waals surface area contributed by atoms with E-state index >= 15 is 0 Å². The molecule has 1 amide bonds. The van der Waals surface area contributed by atoms with E-state index in [0.29, 0.717) is 25.7 Å². The number of nitrogens with two attached hydrogens (primary N) is 1. The number of amides is 1. The van der Waals surface area contributed by atoms with Gasteiger partial charge in [-0.25, -0.2) is 0 Å². The Kier molecular flexibility index (Phi) is 4.75. The van der Waals surface area contributed by atoms with E-state index in [1.807, 2.05) is 0 Å². The number of nitrogens with zero attached hydrogens (tertiary/aromatic N) is 1.